The van der Waals surface area contributed by atoms with Gasteiger partial charge in [-0.3, -0.25) is 0 Å². The molecule has 0 heterocycles. The lowest BCUT2D eigenvalue weighted by molar-refractivity contribution is 0.612. The van der Waals surface area contributed by atoms with Crippen LogP contribution in [0.15, 0.2) is 18.2 Å². The van der Waals surface area contributed by atoms with Crippen LogP contribution >= 0.6 is 15.9 Å². The van der Waals surface area contributed by atoms with E-state index in [0.717, 1.165) is 33.5 Å². The molecule has 0 N–H and O–H groups in total. The summed E-state index contributed by atoms with van der Waals surface area (Å²) < 4.78 is 1.10. The molecule has 1 aliphatic rings. The first-order valence-corrected chi connectivity index (χ1v) is 10.7. The van der Waals surface area contributed by atoms with Crippen LogP contribution in [0.2, 0.25) is 0 Å². The standard InChI is InChI=1S/C15H18BrN.C6H12.C2H6/c1-4-5-6-7-15(16)14-9-13(10-17)11(2)8-12(14)3;1-6-4-2-3-5-6;1-2/h7-9H,4-6H2,1-3H3;6H,2-5H2,1H3;1-2H3/b15-7+;;. The minimum atomic E-state index is 0.756. The van der Waals surface area contributed by atoms with Gasteiger partial charge in [-0.25, -0.2) is 0 Å². The molecule has 0 unspecified atom stereocenters. The molecule has 0 saturated heterocycles. The minimum absolute atomic E-state index is 0.756. The summed E-state index contributed by atoms with van der Waals surface area (Å²) in [6.07, 6.45) is 11.6. The fourth-order valence-electron chi connectivity index (χ4n) is 2.90. The second kappa shape index (κ2) is 14.1. The van der Waals surface area contributed by atoms with Gasteiger partial charge in [0.2, 0.25) is 0 Å². The molecule has 1 aromatic carbocycles. The molecule has 1 saturated carbocycles. The summed E-state index contributed by atoms with van der Waals surface area (Å²) in [5, 5.41) is 9.04. The lowest BCUT2D eigenvalue weighted by Crippen LogP contribution is -1.90. The fraction of sp³-hybridized carbons (Fsp3) is 0.609. The summed E-state index contributed by atoms with van der Waals surface area (Å²) in [4.78, 5) is 0. The Morgan fingerprint density at radius 2 is 1.80 bits per heavy atom. The first-order valence-electron chi connectivity index (χ1n) is 9.87. The Balaban J connectivity index is 0.000000596. The lowest BCUT2D eigenvalue weighted by Gasteiger charge is -2.08. The number of aryl methyl sites for hydroxylation is 2. The van der Waals surface area contributed by atoms with Crippen LogP contribution in [-0.4, -0.2) is 0 Å². The number of hydrogen-bond acceptors (Lipinski definition) is 1. The molecule has 0 aliphatic heterocycles. The van der Waals surface area contributed by atoms with Crippen molar-refractivity contribution in [1.29, 1.82) is 5.26 Å². The predicted octanol–water partition coefficient (Wildman–Crippen LogP) is 8.32. The lowest BCUT2D eigenvalue weighted by atomic mass is 10.00. The van der Waals surface area contributed by atoms with Crippen LogP contribution in [0.25, 0.3) is 4.48 Å². The Kier molecular flexibility index (Phi) is 13.5. The molecular formula is C23H36BrN. The van der Waals surface area contributed by atoms with Crippen molar-refractivity contribution in [2.75, 3.05) is 0 Å². The number of hydrogen-bond donors (Lipinski definition) is 0. The molecule has 0 aromatic heterocycles. The highest BCUT2D eigenvalue weighted by atomic mass is 79.9. The van der Waals surface area contributed by atoms with Crippen LogP contribution in [0, 0.1) is 31.1 Å². The molecule has 0 amide bonds. The van der Waals surface area contributed by atoms with E-state index in [-0.39, 0.29) is 0 Å². The van der Waals surface area contributed by atoms with E-state index in [1.807, 2.05) is 26.8 Å². The van der Waals surface area contributed by atoms with Crippen molar-refractivity contribution < 1.29 is 0 Å². The van der Waals surface area contributed by atoms with Crippen molar-refractivity contribution in [2.24, 2.45) is 5.92 Å². The van der Waals surface area contributed by atoms with Gasteiger partial charge in [-0.2, -0.15) is 5.26 Å². The second-order valence-electron chi connectivity index (χ2n) is 6.68. The molecule has 0 atom stereocenters. The van der Waals surface area contributed by atoms with Crippen LogP contribution in [0.1, 0.15) is 94.9 Å². The van der Waals surface area contributed by atoms with Crippen LogP contribution < -0.4 is 0 Å². The quantitative estimate of drug-likeness (QED) is 0.461. The zero-order chi connectivity index (χ0) is 19.2. The maximum absolute atomic E-state index is 9.04. The van der Waals surface area contributed by atoms with Gasteiger partial charge in [-0.1, -0.05) is 94.3 Å². The average Bonchev–Trinajstić information content (AvgIpc) is 3.08. The molecule has 25 heavy (non-hydrogen) atoms. The topological polar surface area (TPSA) is 23.8 Å². The summed E-state index contributed by atoms with van der Waals surface area (Å²) in [5.74, 6) is 1.05. The first kappa shape index (κ1) is 23.9. The van der Waals surface area contributed by atoms with Crippen LogP contribution in [0.4, 0.5) is 0 Å². The maximum atomic E-state index is 9.04. The third kappa shape index (κ3) is 9.26. The van der Waals surface area contributed by atoms with E-state index < -0.39 is 0 Å². The van der Waals surface area contributed by atoms with Gasteiger partial charge in [0, 0.05) is 4.48 Å². The molecule has 1 fully saturated rings. The molecule has 0 radical (unpaired) electrons. The molecule has 1 aromatic rings. The molecule has 1 aliphatic carbocycles. The first-order chi connectivity index (χ1) is 12.0. The van der Waals surface area contributed by atoms with Gasteiger partial charge in [-0.05, 0) is 48.9 Å². The fourth-order valence-corrected chi connectivity index (χ4v) is 3.56. The highest BCUT2D eigenvalue weighted by molar-refractivity contribution is 9.15. The van der Waals surface area contributed by atoms with Crippen molar-refractivity contribution in [3.63, 3.8) is 0 Å². The molecule has 0 spiro atoms. The third-order valence-electron chi connectivity index (χ3n) is 4.47. The minimum Gasteiger partial charge on any atom is -0.192 e. The van der Waals surface area contributed by atoms with Gasteiger partial charge < -0.3 is 0 Å². The van der Waals surface area contributed by atoms with Crippen molar-refractivity contribution in [1.82, 2.24) is 0 Å². The number of allylic oxidation sites excluding steroid dienone is 1. The van der Waals surface area contributed by atoms with Gasteiger partial charge >= 0.3 is 0 Å². The summed E-state index contributed by atoms with van der Waals surface area (Å²) >= 11 is 3.61. The van der Waals surface area contributed by atoms with Gasteiger partial charge in [0.1, 0.15) is 0 Å². The molecular weight excluding hydrogens is 370 g/mol. The summed E-state index contributed by atoms with van der Waals surface area (Å²) in [6, 6.07) is 6.28. The van der Waals surface area contributed by atoms with Gasteiger partial charge in [0.05, 0.1) is 11.6 Å². The van der Waals surface area contributed by atoms with Gasteiger partial charge in [0.15, 0.2) is 0 Å². The number of halogens is 1. The number of nitrogens with zero attached hydrogens (tertiary/aromatic N) is 1. The SMILES string of the molecule is CC.CC1CCCC1.CCCC/C=C(/Br)c1cc(C#N)c(C)cc1C. The van der Waals surface area contributed by atoms with Crippen LogP contribution in [0.3, 0.4) is 0 Å². The Labute approximate surface area is 164 Å². The Morgan fingerprint density at radius 1 is 1.20 bits per heavy atom. The van der Waals surface area contributed by atoms with Crippen LogP contribution in [-0.2, 0) is 0 Å². The summed E-state index contributed by atoms with van der Waals surface area (Å²) in [7, 11) is 0. The molecule has 140 valence electrons. The number of benzene rings is 1. The monoisotopic (exact) mass is 405 g/mol. The van der Waals surface area contributed by atoms with E-state index in [1.54, 1.807) is 0 Å². The summed E-state index contributed by atoms with van der Waals surface area (Å²) in [5.41, 5.74) is 4.14. The number of rotatable bonds is 4. The Bertz CT molecular complexity index is 560. The van der Waals surface area contributed by atoms with E-state index in [0.29, 0.717) is 0 Å². The van der Waals surface area contributed by atoms with Crippen molar-refractivity contribution in [2.45, 2.75) is 86.5 Å². The summed E-state index contributed by atoms with van der Waals surface area (Å²) in [6.45, 7) is 12.6. The smallest absolute Gasteiger partial charge is 0.0994 e. The molecule has 1 nitrogen and oxygen atoms in total. The third-order valence-corrected chi connectivity index (χ3v) is 5.23. The van der Waals surface area contributed by atoms with Crippen molar-refractivity contribution in [3.05, 3.63) is 40.5 Å². The van der Waals surface area contributed by atoms with E-state index >= 15 is 0 Å². The average molecular weight is 406 g/mol. The Morgan fingerprint density at radius 3 is 2.24 bits per heavy atom. The molecule has 2 heteroatoms. The maximum Gasteiger partial charge on any atom is 0.0994 e. The Hall–Kier alpha value is -1.07. The van der Waals surface area contributed by atoms with E-state index in [4.69, 9.17) is 5.26 Å². The van der Waals surface area contributed by atoms with Crippen molar-refractivity contribution in [3.8, 4) is 6.07 Å². The van der Waals surface area contributed by atoms with Gasteiger partial charge in [-0.15, -0.1) is 0 Å². The van der Waals surface area contributed by atoms with Crippen molar-refractivity contribution >= 4 is 20.4 Å². The number of nitriles is 1. The highest BCUT2D eigenvalue weighted by Crippen LogP contribution is 2.28. The van der Waals surface area contributed by atoms with E-state index in [2.05, 4.69) is 54.9 Å². The second-order valence-corrected chi connectivity index (χ2v) is 7.53. The van der Waals surface area contributed by atoms with E-state index in [1.165, 1.54) is 44.1 Å². The zero-order valence-electron chi connectivity index (χ0n) is 17.1. The van der Waals surface area contributed by atoms with E-state index in [9.17, 15) is 0 Å². The molecule has 2 rings (SSSR count). The highest BCUT2D eigenvalue weighted by Gasteiger charge is 2.07. The van der Waals surface area contributed by atoms with Gasteiger partial charge in [0.25, 0.3) is 0 Å². The van der Waals surface area contributed by atoms with Crippen LogP contribution in [0.5, 0.6) is 0 Å². The zero-order valence-corrected chi connectivity index (χ0v) is 18.7. The normalized spacial score (nSPS) is 14.1. The molecule has 0 bridgehead atoms. The largest absolute Gasteiger partial charge is 0.192 e. The number of unbranched alkanes of at least 4 members (excludes halogenated alkanes) is 2. The predicted molar refractivity (Wildman–Crippen MR) is 116 cm³/mol.